The van der Waals surface area contributed by atoms with Gasteiger partial charge in [-0.05, 0) is 73.1 Å². The molecule has 15 N–H and O–H groups in total. The summed E-state index contributed by atoms with van der Waals surface area (Å²) in [6.45, 7) is 10.7. The lowest BCUT2D eigenvalue weighted by Crippen LogP contribution is -2.62. The quantitative estimate of drug-likeness (QED) is 0.0284. The molecule has 73 heavy (non-hydrogen) atoms. The molecule has 1 aliphatic rings. The molecule has 1 saturated heterocycles. The molecule has 9 atom stereocenters. The van der Waals surface area contributed by atoms with Gasteiger partial charge in [-0.3, -0.25) is 43.3 Å². The molecule has 3 rings (SSSR count). The molecular formula is C50H75N11O12. The third-order valence-electron chi connectivity index (χ3n) is 12.4. The second kappa shape index (κ2) is 29.3. The van der Waals surface area contributed by atoms with E-state index in [0.29, 0.717) is 24.0 Å². The van der Waals surface area contributed by atoms with Crippen molar-refractivity contribution in [3.8, 4) is 5.75 Å². The summed E-state index contributed by atoms with van der Waals surface area (Å²) in [4.78, 5) is 127. The third kappa shape index (κ3) is 19.7. The average molecular weight is 1020 g/mol. The normalized spacial score (nSPS) is 16.6. The highest BCUT2D eigenvalue weighted by atomic mass is 16.4. The number of guanidine groups is 1. The van der Waals surface area contributed by atoms with Gasteiger partial charge in [0.15, 0.2) is 5.96 Å². The van der Waals surface area contributed by atoms with E-state index in [0.717, 1.165) is 0 Å². The highest BCUT2D eigenvalue weighted by Crippen LogP contribution is 2.22. The first-order chi connectivity index (χ1) is 34.4. The summed E-state index contributed by atoms with van der Waals surface area (Å²) in [5.41, 5.74) is 17.8. The number of rotatable bonds is 29. The van der Waals surface area contributed by atoms with Crippen LogP contribution in [-0.4, -0.2) is 141 Å². The van der Waals surface area contributed by atoms with Crippen molar-refractivity contribution < 1.29 is 58.5 Å². The molecule has 7 amide bonds. The summed E-state index contributed by atoms with van der Waals surface area (Å²) in [6.07, 6.45) is 0.512. The Morgan fingerprint density at radius 3 is 1.84 bits per heavy atom. The van der Waals surface area contributed by atoms with Crippen LogP contribution in [0.3, 0.4) is 0 Å². The van der Waals surface area contributed by atoms with Gasteiger partial charge < -0.3 is 69.3 Å². The Balaban J connectivity index is 1.89. The van der Waals surface area contributed by atoms with Crippen LogP contribution in [-0.2, 0) is 56.0 Å². The lowest BCUT2D eigenvalue weighted by molar-refractivity contribution is -0.145. The van der Waals surface area contributed by atoms with Crippen LogP contribution in [0.25, 0.3) is 0 Å². The fraction of sp³-hybridized carbons (Fsp3) is 0.560. The lowest BCUT2D eigenvalue weighted by Gasteiger charge is -2.32. The van der Waals surface area contributed by atoms with E-state index in [-0.39, 0.29) is 69.2 Å². The number of carbonyl (C=O) groups excluding carboxylic acids is 7. The number of likely N-dealkylation sites (tertiary alicyclic amines) is 1. The Labute approximate surface area is 425 Å². The number of hydrogen-bond donors (Lipinski definition) is 12. The number of phenols is 1. The summed E-state index contributed by atoms with van der Waals surface area (Å²) in [6, 6.07) is 4.41. The van der Waals surface area contributed by atoms with Crippen molar-refractivity contribution in [2.45, 2.75) is 148 Å². The minimum atomic E-state index is -1.50. The Morgan fingerprint density at radius 2 is 1.26 bits per heavy atom. The summed E-state index contributed by atoms with van der Waals surface area (Å²) >= 11 is 0. The van der Waals surface area contributed by atoms with Crippen molar-refractivity contribution in [3.05, 3.63) is 65.7 Å². The molecule has 0 bridgehead atoms. The minimum absolute atomic E-state index is 0.0192. The monoisotopic (exact) mass is 1020 g/mol. The van der Waals surface area contributed by atoms with E-state index in [4.69, 9.17) is 22.3 Å². The highest BCUT2D eigenvalue weighted by molar-refractivity contribution is 5.98. The number of hydrogen-bond acceptors (Lipinski definition) is 12. The van der Waals surface area contributed by atoms with Gasteiger partial charge in [0, 0.05) is 25.9 Å². The van der Waals surface area contributed by atoms with Gasteiger partial charge in [-0.1, -0.05) is 90.4 Å². The number of nitrogens with two attached hydrogens (primary N) is 3. The van der Waals surface area contributed by atoms with Crippen molar-refractivity contribution in [3.63, 3.8) is 0 Å². The summed E-state index contributed by atoms with van der Waals surface area (Å²) in [5.74, 6) is -9.43. The van der Waals surface area contributed by atoms with Crippen LogP contribution in [0.2, 0.25) is 0 Å². The van der Waals surface area contributed by atoms with Crippen molar-refractivity contribution >= 4 is 59.2 Å². The maximum Gasteiger partial charge on any atom is 0.326 e. The number of aliphatic carboxylic acids is 2. The van der Waals surface area contributed by atoms with Crippen LogP contribution >= 0.6 is 0 Å². The van der Waals surface area contributed by atoms with Crippen molar-refractivity contribution in [2.24, 2.45) is 39.9 Å². The topological polar surface area (TPSA) is 380 Å². The lowest BCUT2D eigenvalue weighted by atomic mass is 9.95. The molecule has 23 heteroatoms. The largest absolute Gasteiger partial charge is 0.508 e. The Bertz CT molecular complexity index is 2240. The van der Waals surface area contributed by atoms with Gasteiger partial charge in [-0.15, -0.1) is 0 Å². The summed E-state index contributed by atoms with van der Waals surface area (Å²) in [5, 5.41) is 45.1. The Kier molecular flexibility index (Phi) is 24.1. The zero-order valence-electron chi connectivity index (χ0n) is 42.5. The molecule has 1 heterocycles. The van der Waals surface area contributed by atoms with Crippen molar-refractivity contribution in [1.29, 1.82) is 0 Å². The molecule has 0 radical (unpaired) electrons. The molecule has 1 fully saturated rings. The maximum absolute atomic E-state index is 14.5. The van der Waals surface area contributed by atoms with E-state index < -0.39 is 120 Å². The molecule has 2 aromatic carbocycles. The van der Waals surface area contributed by atoms with Gasteiger partial charge in [0.05, 0.1) is 12.5 Å². The fourth-order valence-electron chi connectivity index (χ4n) is 8.19. The summed E-state index contributed by atoms with van der Waals surface area (Å²) < 4.78 is 0. The molecule has 2 aromatic rings. The zero-order valence-corrected chi connectivity index (χ0v) is 42.5. The van der Waals surface area contributed by atoms with E-state index in [9.17, 15) is 53.4 Å². The number of nitrogens with one attached hydrogen (secondary N) is 6. The van der Waals surface area contributed by atoms with Gasteiger partial charge in [0.2, 0.25) is 41.4 Å². The van der Waals surface area contributed by atoms with Gasteiger partial charge in [-0.25, -0.2) is 4.79 Å². The first-order valence-corrected chi connectivity index (χ1v) is 24.6. The number of amides is 7. The second-order valence-corrected chi connectivity index (χ2v) is 19.2. The molecule has 0 spiro atoms. The number of carboxylic acid groups (broad SMARTS) is 2. The Hall–Kier alpha value is -7.30. The average Bonchev–Trinajstić information content (AvgIpc) is 3.83. The molecule has 1 aliphatic heterocycles. The van der Waals surface area contributed by atoms with Crippen LogP contribution in [0.1, 0.15) is 97.6 Å². The minimum Gasteiger partial charge on any atom is -0.508 e. The molecular weight excluding hydrogens is 947 g/mol. The number of aromatic hydroxyl groups is 1. The zero-order chi connectivity index (χ0) is 54.5. The van der Waals surface area contributed by atoms with Crippen LogP contribution < -0.4 is 49.1 Å². The molecule has 0 aliphatic carbocycles. The number of carboxylic acids is 2. The predicted octanol–water partition coefficient (Wildman–Crippen LogP) is -0.234. The molecule has 0 unspecified atom stereocenters. The van der Waals surface area contributed by atoms with Gasteiger partial charge in [-0.2, -0.15) is 0 Å². The maximum atomic E-state index is 14.5. The van der Waals surface area contributed by atoms with Gasteiger partial charge >= 0.3 is 11.9 Å². The smallest absolute Gasteiger partial charge is 0.326 e. The Morgan fingerprint density at radius 1 is 0.699 bits per heavy atom. The number of carbonyl (C=O) groups is 9. The van der Waals surface area contributed by atoms with Crippen LogP contribution in [0.4, 0.5) is 0 Å². The van der Waals surface area contributed by atoms with E-state index >= 15 is 0 Å². The summed E-state index contributed by atoms with van der Waals surface area (Å²) in [7, 11) is 0. The third-order valence-corrected chi connectivity index (χ3v) is 12.4. The van der Waals surface area contributed by atoms with Crippen molar-refractivity contribution in [1.82, 2.24) is 36.8 Å². The van der Waals surface area contributed by atoms with E-state index in [1.165, 1.54) is 29.2 Å². The predicted molar refractivity (Wildman–Crippen MR) is 270 cm³/mol. The first kappa shape index (κ1) is 60.0. The van der Waals surface area contributed by atoms with E-state index in [1.807, 2.05) is 13.8 Å². The van der Waals surface area contributed by atoms with Gasteiger partial charge in [0.25, 0.3) is 0 Å². The van der Waals surface area contributed by atoms with Crippen LogP contribution in [0.5, 0.6) is 5.75 Å². The highest BCUT2D eigenvalue weighted by Gasteiger charge is 2.41. The molecule has 23 nitrogen and oxygen atoms in total. The van der Waals surface area contributed by atoms with E-state index in [2.05, 4.69) is 36.9 Å². The number of benzene rings is 2. The standard InChI is InChI=1S/C50H75N11O12/c1-7-29(6)41(47(70)57-36(23-27(2)3)48(71)61-22-12-16-38(61)45(68)58-37(49(72)73)25-30-13-9-8-10-14-30)60-44(67)35(24-31-17-19-32(62)20-18-31)56-46(69)40(28(4)5)59-43(66)34(15-11-21-54-50(52)53)55-42(65)33(51)26-39(63)64/h8-10,13-14,17-20,27-29,33-38,40-41,62H,7,11-12,15-16,21-26,51H2,1-6H3,(H,55,65)(H,56,69)(H,57,70)(H,58,68)(H,59,66)(H,60,67)(H,63,64)(H,72,73)(H4,52,53,54)/t29-,33-,34-,35-,36-,37-,38-,40-,41-/m0/s1. The molecule has 402 valence electrons. The van der Waals surface area contributed by atoms with E-state index in [1.54, 1.807) is 58.0 Å². The second-order valence-electron chi connectivity index (χ2n) is 19.2. The SMILES string of the molecule is CC[C@H](C)[C@H](NC(=O)[C@H](Cc1ccc(O)cc1)NC(=O)[C@@H](NC(=O)[C@H](CCCN=C(N)N)NC(=O)[C@@H](N)CC(=O)O)C(C)C)C(=O)N[C@@H](CC(C)C)C(=O)N1CCC[C@H]1C(=O)N[C@@H](Cc1ccccc1)C(=O)O. The molecule has 0 saturated carbocycles. The molecule has 0 aromatic heterocycles. The number of aliphatic imine (C=N–C) groups is 1. The van der Waals surface area contributed by atoms with Gasteiger partial charge in [0.1, 0.15) is 48.0 Å². The first-order valence-electron chi connectivity index (χ1n) is 24.6. The van der Waals surface area contributed by atoms with Crippen LogP contribution in [0.15, 0.2) is 59.6 Å². The van der Waals surface area contributed by atoms with Crippen molar-refractivity contribution in [2.75, 3.05) is 13.1 Å². The number of nitrogens with zero attached hydrogens (tertiary/aromatic N) is 2. The number of phenolic OH excluding ortho intramolecular Hbond substituents is 1. The van der Waals surface area contributed by atoms with Crippen LogP contribution in [0, 0.1) is 17.8 Å². The fourth-order valence-corrected chi connectivity index (χ4v) is 8.19.